The number of aromatic nitrogens is 3. The summed E-state index contributed by atoms with van der Waals surface area (Å²) in [6.07, 6.45) is 4.23. The van der Waals surface area contributed by atoms with Gasteiger partial charge in [-0.3, -0.25) is 14.4 Å². The van der Waals surface area contributed by atoms with Crippen LogP contribution in [0.25, 0.3) is 10.9 Å². The van der Waals surface area contributed by atoms with Crippen LogP contribution in [0.5, 0.6) is 0 Å². The summed E-state index contributed by atoms with van der Waals surface area (Å²) < 4.78 is 15.9. The molecule has 3 N–H and O–H groups in total. The molecular weight excluding hydrogens is 417 g/mol. The number of hydrogen-bond acceptors (Lipinski definition) is 6. The number of nitrogens with one attached hydrogen (secondary N) is 2. The minimum absolute atomic E-state index is 0.250. The molecule has 0 aliphatic carbocycles. The predicted octanol–water partition coefficient (Wildman–Crippen LogP) is 1.81. The van der Waals surface area contributed by atoms with Crippen LogP contribution in [0.15, 0.2) is 30.6 Å². The number of benzene rings is 1. The Bertz CT molecular complexity index is 1140. The molecule has 0 bridgehead atoms. The highest BCUT2D eigenvalue weighted by molar-refractivity contribution is 6.03. The average molecular weight is 441 g/mol. The highest BCUT2D eigenvalue weighted by atomic mass is 19.1. The second kappa shape index (κ2) is 9.18. The lowest BCUT2D eigenvalue weighted by molar-refractivity contribution is -0.122. The number of carbonyl (C=O) groups excluding carboxylic acids is 1. The van der Waals surface area contributed by atoms with Crippen LogP contribution in [0.2, 0.25) is 0 Å². The molecule has 1 saturated heterocycles. The zero-order chi connectivity index (χ0) is 22.7. The Hall–Kier alpha value is -3.73. The number of amides is 2. The predicted molar refractivity (Wildman–Crippen MR) is 119 cm³/mol. The highest BCUT2D eigenvalue weighted by Gasteiger charge is 2.30. The van der Waals surface area contributed by atoms with Crippen molar-refractivity contribution < 1.29 is 19.1 Å². The molecule has 0 radical (unpaired) electrons. The van der Waals surface area contributed by atoms with Crippen molar-refractivity contribution >= 4 is 40.6 Å². The molecule has 2 aliphatic heterocycles. The van der Waals surface area contributed by atoms with Crippen LogP contribution in [-0.2, 0) is 18.3 Å². The normalized spacial score (nSPS) is 15.2. The second-order valence-corrected chi connectivity index (χ2v) is 7.51. The molecule has 2 aromatic heterocycles. The topological polar surface area (TPSA) is 116 Å². The van der Waals surface area contributed by atoms with Gasteiger partial charge in [-0.1, -0.05) is 0 Å². The number of urea groups is 1. The Morgan fingerprint density at radius 1 is 1.28 bits per heavy atom. The van der Waals surface area contributed by atoms with Crippen molar-refractivity contribution in [2.24, 2.45) is 7.05 Å². The third-order valence-electron chi connectivity index (χ3n) is 5.48. The van der Waals surface area contributed by atoms with Gasteiger partial charge in [0.1, 0.15) is 11.3 Å². The first kappa shape index (κ1) is 21.5. The molecule has 32 heavy (non-hydrogen) atoms. The van der Waals surface area contributed by atoms with E-state index >= 15 is 0 Å². The van der Waals surface area contributed by atoms with Crippen LogP contribution in [0.4, 0.5) is 26.4 Å². The number of pyridine rings is 1. The summed E-state index contributed by atoms with van der Waals surface area (Å²) in [5, 5.41) is 17.8. The van der Waals surface area contributed by atoms with E-state index in [0.717, 1.165) is 43.9 Å². The van der Waals surface area contributed by atoms with Gasteiger partial charge in [0.2, 0.25) is 0 Å². The average Bonchev–Trinajstić information content (AvgIpc) is 3.38. The minimum Gasteiger partial charge on any atom is -0.483 e. The number of halogens is 1. The SMILES string of the molecule is Cn1cc2cc(NC(=O)N3CCc4c(N5CCNCC5)ccnc43)cc(F)c2n1.O=CO. The molecule has 10 nitrogen and oxygen atoms in total. The molecule has 0 unspecified atom stereocenters. The summed E-state index contributed by atoms with van der Waals surface area (Å²) in [7, 11) is 1.74. The number of fused-ring (bicyclic) bond motifs is 2. The van der Waals surface area contributed by atoms with E-state index in [0.29, 0.717) is 29.0 Å². The molecule has 5 rings (SSSR count). The summed E-state index contributed by atoms with van der Waals surface area (Å²) in [5.41, 5.74) is 2.94. The van der Waals surface area contributed by atoms with E-state index in [9.17, 15) is 9.18 Å². The summed E-state index contributed by atoms with van der Waals surface area (Å²) in [4.78, 5) is 29.7. The fourth-order valence-electron chi connectivity index (χ4n) is 4.15. The van der Waals surface area contributed by atoms with Crippen molar-refractivity contribution in [1.29, 1.82) is 0 Å². The largest absolute Gasteiger partial charge is 0.483 e. The Labute approximate surface area is 183 Å². The van der Waals surface area contributed by atoms with Crippen LogP contribution < -0.4 is 20.4 Å². The molecule has 4 heterocycles. The van der Waals surface area contributed by atoms with Gasteiger partial charge in [0, 0.05) is 74.5 Å². The standard InChI is InChI=1S/C20H22FN7O.CH2O2/c1-26-12-13-10-14(11-16(21)18(13)25-26)24-20(29)28-7-3-15-17(2-4-23-19(15)28)27-8-5-22-6-9-27;2-1-3/h2,4,10-12,22H,3,5-9H2,1H3,(H,24,29);1H,(H,2,3). The molecule has 168 valence electrons. The summed E-state index contributed by atoms with van der Waals surface area (Å²) in [6.45, 7) is 4.07. The maximum Gasteiger partial charge on any atom is 0.327 e. The van der Waals surface area contributed by atoms with E-state index in [1.807, 2.05) is 6.07 Å². The van der Waals surface area contributed by atoms with Gasteiger partial charge in [0.25, 0.3) is 6.47 Å². The highest BCUT2D eigenvalue weighted by Crippen LogP contribution is 2.34. The Morgan fingerprint density at radius 3 is 2.78 bits per heavy atom. The van der Waals surface area contributed by atoms with Gasteiger partial charge in [-0.15, -0.1) is 0 Å². The molecular formula is C21H24FN7O3. The first-order chi connectivity index (χ1) is 15.5. The van der Waals surface area contributed by atoms with E-state index in [2.05, 4.69) is 25.6 Å². The summed E-state index contributed by atoms with van der Waals surface area (Å²) in [6, 6.07) is 4.74. The third kappa shape index (κ3) is 4.19. The first-order valence-electron chi connectivity index (χ1n) is 10.2. The molecule has 1 fully saturated rings. The van der Waals surface area contributed by atoms with Gasteiger partial charge in [-0.2, -0.15) is 5.10 Å². The lowest BCUT2D eigenvalue weighted by atomic mass is 10.1. The van der Waals surface area contributed by atoms with Crippen molar-refractivity contribution in [1.82, 2.24) is 20.1 Å². The van der Waals surface area contributed by atoms with Crippen molar-refractivity contribution in [2.45, 2.75) is 6.42 Å². The summed E-state index contributed by atoms with van der Waals surface area (Å²) >= 11 is 0. The first-order valence-corrected chi connectivity index (χ1v) is 10.2. The number of piperazine rings is 1. The number of carbonyl (C=O) groups is 2. The number of aryl methyl sites for hydroxylation is 1. The monoisotopic (exact) mass is 441 g/mol. The lowest BCUT2D eigenvalue weighted by Crippen LogP contribution is -2.43. The third-order valence-corrected chi connectivity index (χ3v) is 5.48. The van der Waals surface area contributed by atoms with Gasteiger partial charge in [0.15, 0.2) is 5.82 Å². The maximum atomic E-state index is 14.3. The van der Waals surface area contributed by atoms with E-state index in [1.54, 1.807) is 35.1 Å². The molecule has 3 aromatic rings. The van der Waals surface area contributed by atoms with Crippen molar-refractivity contribution in [3.63, 3.8) is 0 Å². The number of anilines is 3. The van der Waals surface area contributed by atoms with Crippen LogP contribution >= 0.6 is 0 Å². The van der Waals surface area contributed by atoms with Gasteiger partial charge in [0.05, 0.1) is 0 Å². The zero-order valence-corrected chi connectivity index (χ0v) is 17.6. The molecule has 1 aromatic carbocycles. The number of nitrogens with zero attached hydrogens (tertiary/aromatic N) is 5. The number of carboxylic acid groups (broad SMARTS) is 1. The molecule has 0 saturated carbocycles. The molecule has 0 spiro atoms. The van der Waals surface area contributed by atoms with Crippen LogP contribution in [0, 0.1) is 5.82 Å². The van der Waals surface area contributed by atoms with Crippen LogP contribution in [-0.4, -0.2) is 65.1 Å². The minimum atomic E-state index is -0.459. The quantitative estimate of drug-likeness (QED) is 0.520. The van der Waals surface area contributed by atoms with E-state index in [1.165, 1.54) is 6.07 Å². The fraction of sp³-hybridized carbons (Fsp3) is 0.333. The fourth-order valence-corrected chi connectivity index (χ4v) is 4.15. The van der Waals surface area contributed by atoms with Crippen LogP contribution in [0.3, 0.4) is 0 Å². The van der Waals surface area contributed by atoms with Crippen LogP contribution in [0.1, 0.15) is 5.56 Å². The molecule has 2 aliphatic rings. The zero-order valence-electron chi connectivity index (χ0n) is 17.6. The van der Waals surface area contributed by atoms with Crippen molar-refractivity contribution in [3.8, 4) is 0 Å². The maximum absolute atomic E-state index is 14.3. The van der Waals surface area contributed by atoms with Gasteiger partial charge < -0.3 is 20.6 Å². The lowest BCUT2D eigenvalue weighted by Gasteiger charge is -2.31. The summed E-state index contributed by atoms with van der Waals surface area (Å²) in [5.74, 6) is 0.223. The van der Waals surface area contributed by atoms with E-state index < -0.39 is 5.82 Å². The van der Waals surface area contributed by atoms with Gasteiger partial charge in [-0.05, 0) is 24.6 Å². The Morgan fingerprint density at radius 2 is 2.03 bits per heavy atom. The van der Waals surface area contributed by atoms with E-state index in [4.69, 9.17) is 9.90 Å². The van der Waals surface area contributed by atoms with Crippen molar-refractivity contribution in [3.05, 3.63) is 42.0 Å². The van der Waals surface area contributed by atoms with E-state index in [-0.39, 0.29) is 12.5 Å². The van der Waals surface area contributed by atoms with Gasteiger partial charge in [-0.25, -0.2) is 14.2 Å². The van der Waals surface area contributed by atoms with Gasteiger partial charge >= 0.3 is 6.03 Å². The number of hydrogen-bond donors (Lipinski definition) is 3. The Kier molecular flexibility index (Phi) is 6.17. The van der Waals surface area contributed by atoms with Crippen molar-refractivity contribution in [2.75, 3.05) is 47.8 Å². The Balaban J connectivity index is 0.000000775. The smallest absolute Gasteiger partial charge is 0.327 e. The molecule has 11 heteroatoms. The number of rotatable bonds is 2. The molecule has 0 atom stereocenters. The second-order valence-electron chi connectivity index (χ2n) is 7.51. The molecule has 2 amide bonds.